The van der Waals surface area contributed by atoms with Crippen LogP contribution in [-0.2, 0) is 9.53 Å². The number of hydrogen-bond donors (Lipinski definition) is 1. The van der Waals surface area contributed by atoms with Gasteiger partial charge >= 0.3 is 5.97 Å². The summed E-state index contributed by atoms with van der Waals surface area (Å²) < 4.78 is 4.33. The Morgan fingerprint density at radius 1 is 1.58 bits per heavy atom. The van der Waals surface area contributed by atoms with E-state index in [0.717, 1.165) is 0 Å². The third kappa shape index (κ3) is 6.52. The van der Waals surface area contributed by atoms with Crippen molar-refractivity contribution in [2.75, 3.05) is 13.2 Å². The number of nitriles is 1. The molecule has 0 aromatic rings. The molecule has 0 bridgehead atoms. The molecule has 0 radical (unpaired) electrons. The first-order valence-corrected chi connectivity index (χ1v) is 3.09. The van der Waals surface area contributed by atoms with Crippen LogP contribution in [0.1, 0.15) is 0 Å². The fourth-order valence-electron chi connectivity index (χ4n) is 0.271. The maximum atomic E-state index is 10.5. The van der Waals surface area contributed by atoms with Gasteiger partial charge in [0.05, 0.1) is 6.61 Å². The smallest absolute Gasteiger partial charge is 0.348 e. The van der Waals surface area contributed by atoms with Gasteiger partial charge in [0.2, 0.25) is 0 Å². The van der Waals surface area contributed by atoms with Crippen LogP contribution in [0.3, 0.4) is 0 Å². The highest BCUT2D eigenvalue weighted by molar-refractivity contribution is 5.91. The first kappa shape index (κ1) is 13.0. The molecule has 0 aromatic heterocycles. The minimum absolute atomic E-state index is 0.0977. The van der Waals surface area contributed by atoms with Crippen molar-refractivity contribution in [3.63, 3.8) is 0 Å². The molecular formula is C8H11NO3. The molecule has 4 nitrogen and oxygen atoms in total. The van der Waals surface area contributed by atoms with E-state index in [9.17, 15) is 4.79 Å². The largest absolute Gasteiger partial charge is 0.459 e. The van der Waals surface area contributed by atoms with E-state index >= 15 is 0 Å². The van der Waals surface area contributed by atoms with Gasteiger partial charge in [0.1, 0.15) is 18.2 Å². The Morgan fingerprint density at radius 2 is 2.08 bits per heavy atom. The summed E-state index contributed by atoms with van der Waals surface area (Å²) in [6.07, 6.45) is 0. The predicted molar refractivity (Wildman–Crippen MR) is 44.1 cm³/mol. The van der Waals surface area contributed by atoms with Crippen LogP contribution in [-0.4, -0.2) is 24.3 Å². The summed E-state index contributed by atoms with van der Waals surface area (Å²) in [5, 5.41) is 16.3. The van der Waals surface area contributed by atoms with Gasteiger partial charge < -0.3 is 9.84 Å². The summed E-state index contributed by atoms with van der Waals surface area (Å²) in [6, 6.07) is 1.52. The van der Waals surface area contributed by atoms with Crippen LogP contribution in [0.15, 0.2) is 25.3 Å². The van der Waals surface area contributed by atoms with Gasteiger partial charge in [0, 0.05) is 0 Å². The lowest BCUT2D eigenvalue weighted by atomic mass is 10.3. The lowest BCUT2D eigenvalue weighted by Gasteiger charge is -1.97. The number of carbonyl (C=O) groups is 1. The van der Waals surface area contributed by atoms with Gasteiger partial charge in [-0.15, -0.1) is 13.2 Å². The van der Waals surface area contributed by atoms with Gasteiger partial charge in [-0.25, -0.2) is 4.79 Å². The highest BCUT2D eigenvalue weighted by Gasteiger charge is 2.05. The third-order valence-electron chi connectivity index (χ3n) is 0.706. The molecule has 0 aliphatic carbocycles. The van der Waals surface area contributed by atoms with Gasteiger partial charge in [0.15, 0.2) is 0 Å². The van der Waals surface area contributed by atoms with Crippen LogP contribution < -0.4 is 0 Å². The number of aliphatic hydroxyl groups excluding tert-OH is 1. The number of rotatable bonds is 3. The van der Waals surface area contributed by atoms with Crippen LogP contribution in [0.2, 0.25) is 0 Å². The molecule has 0 saturated heterocycles. The van der Waals surface area contributed by atoms with E-state index < -0.39 is 5.97 Å². The maximum Gasteiger partial charge on any atom is 0.348 e. The molecule has 0 spiro atoms. The minimum atomic E-state index is -0.781. The molecule has 0 heterocycles. The van der Waals surface area contributed by atoms with Crippen molar-refractivity contribution in [1.29, 1.82) is 5.26 Å². The molecule has 4 heteroatoms. The van der Waals surface area contributed by atoms with E-state index in [4.69, 9.17) is 10.4 Å². The monoisotopic (exact) mass is 169 g/mol. The van der Waals surface area contributed by atoms with E-state index in [1.54, 1.807) is 0 Å². The molecule has 0 amide bonds. The van der Waals surface area contributed by atoms with Crippen molar-refractivity contribution in [1.82, 2.24) is 0 Å². The molecular weight excluding hydrogens is 158 g/mol. The third-order valence-corrected chi connectivity index (χ3v) is 0.706. The lowest BCUT2D eigenvalue weighted by molar-refractivity contribution is -0.139. The topological polar surface area (TPSA) is 70.3 Å². The number of aliphatic hydroxyl groups is 1. The average molecular weight is 169 g/mol. The normalized spacial score (nSPS) is 7.00. The van der Waals surface area contributed by atoms with E-state index in [-0.39, 0.29) is 18.8 Å². The van der Waals surface area contributed by atoms with Crippen molar-refractivity contribution < 1.29 is 14.6 Å². The molecule has 66 valence electrons. The maximum absolute atomic E-state index is 10.5. The lowest BCUT2D eigenvalue weighted by Crippen LogP contribution is -2.09. The van der Waals surface area contributed by atoms with Gasteiger partial charge in [-0.2, -0.15) is 5.26 Å². The van der Waals surface area contributed by atoms with Crippen LogP contribution in [0.25, 0.3) is 0 Å². The van der Waals surface area contributed by atoms with Crippen LogP contribution in [0.4, 0.5) is 0 Å². The quantitative estimate of drug-likeness (QED) is 0.287. The molecule has 0 fully saturated rings. The zero-order valence-corrected chi connectivity index (χ0v) is 6.75. The van der Waals surface area contributed by atoms with Gasteiger partial charge in [-0.1, -0.05) is 6.58 Å². The van der Waals surface area contributed by atoms with Crippen LogP contribution >= 0.6 is 0 Å². The number of hydrogen-bond acceptors (Lipinski definition) is 4. The van der Waals surface area contributed by atoms with Gasteiger partial charge in [0.25, 0.3) is 0 Å². The Kier molecular flexibility index (Phi) is 10.2. The van der Waals surface area contributed by atoms with Crippen LogP contribution in [0, 0.1) is 11.3 Å². The summed E-state index contributed by atoms with van der Waals surface area (Å²) in [4.78, 5) is 10.5. The SMILES string of the molecule is C=C.C=C(C#N)C(=O)OCCO. The first-order valence-electron chi connectivity index (χ1n) is 3.09. The molecule has 0 aliphatic heterocycles. The second kappa shape index (κ2) is 9.40. The second-order valence-electron chi connectivity index (χ2n) is 1.45. The second-order valence-corrected chi connectivity index (χ2v) is 1.45. The minimum Gasteiger partial charge on any atom is -0.459 e. The first-order chi connectivity index (χ1) is 5.72. The fraction of sp³-hybridized carbons (Fsp3) is 0.250. The Labute approximate surface area is 71.4 Å². The van der Waals surface area contributed by atoms with Crippen molar-refractivity contribution in [2.24, 2.45) is 0 Å². The summed E-state index contributed by atoms with van der Waals surface area (Å²) in [7, 11) is 0. The highest BCUT2D eigenvalue weighted by atomic mass is 16.5. The number of esters is 1. The highest BCUT2D eigenvalue weighted by Crippen LogP contribution is 1.90. The predicted octanol–water partition coefficient (Wildman–Crippen LogP) is 0.404. The molecule has 0 rings (SSSR count). The van der Waals surface area contributed by atoms with Crippen LogP contribution in [0.5, 0.6) is 0 Å². The standard InChI is InChI=1S/C6H7NO3.C2H4/c1-5(4-7)6(9)10-3-2-8;1-2/h8H,1-3H2;1-2H2. The van der Waals surface area contributed by atoms with Crippen molar-refractivity contribution in [3.8, 4) is 6.07 Å². The Hall–Kier alpha value is -1.60. The summed E-state index contributed by atoms with van der Waals surface area (Å²) in [5.74, 6) is -0.781. The molecule has 0 unspecified atom stereocenters. The molecule has 0 aromatic carbocycles. The van der Waals surface area contributed by atoms with E-state index in [1.807, 2.05) is 0 Å². The number of carbonyl (C=O) groups excluding carboxylic acids is 1. The van der Waals surface area contributed by atoms with Crippen molar-refractivity contribution >= 4 is 5.97 Å². The van der Waals surface area contributed by atoms with E-state index in [0.29, 0.717) is 0 Å². The summed E-state index contributed by atoms with van der Waals surface area (Å²) >= 11 is 0. The van der Waals surface area contributed by atoms with Gasteiger partial charge in [-0.3, -0.25) is 0 Å². The molecule has 0 saturated carbocycles. The number of ether oxygens (including phenoxy) is 1. The van der Waals surface area contributed by atoms with Gasteiger partial charge in [-0.05, 0) is 0 Å². The van der Waals surface area contributed by atoms with Crippen molar-refractivity contribution in [2.45, 2.75) is 0 Å². The molecule has 0 aliphatic rings. The zero-order chi connectivity index (χ0) is 9.98. The Bertz CT molecular complexity index is 193. The summed E-state index contributed by atoms with van der Waals surface area (Å²) in [5.41, 5.74) is -0.256. The molecule has 1 N–H and O–H groups in total. The Morgan fingerprint density at radius 3 is 2.42 bits per heavy atom. The van der Waals surface area contributed by atoms with Crippen molar-refractivity contribution in [3.05, 3.63) is 25.3 Å². The zero-order valence-electron chi connectivity index (χ0n) is 6.75. The number of nitrogens with zero attached hydrogens (tertiary/aromatic N) is 1. The molecule has 0 atom stereocenters. The van der Waals surface area contributed by atoms with E-state index in [1.165, 1.54) is 6.07 Å². The fourth-order valence-corrected chi connectivity index (χ4v) is 0.271. The summed E-state index contributed by atoms with van der Waals surface area (Å²) in [6.45, 7) is 8.77. The van der Waals surface area contributed by atoms with E-state index in [2.05, 4.69) is 24.5 Å². The molecule has 12 heavy (non-hydrogen) atoms. The Balaban J connectivity index is 0. The average Bonchev–Trinajstić information content (AvgIpc) is 2.16.